The number of ether oxygens (including phenoxy) is 1. The molecule has 2 unspecified atom stereocenters. The molecule has 0 spiro atoms. The number of aliphatic hydroxyl groups excluding tert-OH is 2. The molecule has 0 fully saturated rings. The molecule has 2 aliphatic carbocycles. The molecule has 2 aliphatic rings. The lowest BCUT2D eigenvalue weighted by molar-refractivity contribution is -0.176. The van der Waals surface area contributed by atoms with Gasteiger partial charge in [0, 0.05) is 0 Å². The number of rotatable bonds is 3. The molecule has 0 aliphatic heterocycles. The van der Waals surface area contributed by atoms with Crippen LogP contribution in [0, 0.1) is 0 Å². The van der Waals surface area contributed by atoms with Crippen molar-refractivity contribution < 1.29 is 23.7 Å². The lowest BCUT2D eigenvalue weighted by Gasteiger charge is -2.23. The van der Waals surface area contributed by atoms with Gasteiger partial charge in [-0.15, -0.1) is 0 Å². The van der Waals surface area contributed by atoms with E-state index in [2.05, 4.69) is 0 Å². The van der Waals surface area contributed by atoms with Crippen molar-refractivity contribution in [3.05, 3.63) is 71.5 Å². The monoisotopic (exact) mass is 560 g/mol. The van der Waals surface area contributed by atoms with Crippen LogP contribution in [0.15, 0.2) is 71.5 Å². The van der Waals surface area contributed by atoms with Crippen LogP contribution in [-0.2, 0) is 4.74 Å². The van der Waals surface area contributed by atoms with E-state index in [9.17, 15) is 19.0 Å². The normalized spacial score (nSPS) is 30.6. The minimum atomic E-state index is -3.59. The number of hydrogen-bond donors (Lipinski definition) is 2. The maximum Gasteiger partial charge on any atom is 0.426 e. The standard InChI is InChI=1S/C17H16F2I2O3/c1-15(20)7-11(3-4-12(22)8-15)17(18,19)24-14-6-5-13(23)9-16(2,21)10-14/h3-10,22-23H,1-2H3. The van der Waals surface area contributed by atoms with Crippen molar-refractivity contribution in [1.82, 2.24) is 0 Å². The second kappa shape index (κ2) is 6.81. The Hall–Kier alpha value is -0.840. The molecule has 2 rings (SSSR count). The average molecular weight is 560 g/mol. The Kier molecular flexibility index (Phi) is 5.53. The Morgan fingerprint density at radius 2 is 1.38 bits per heavy atom. The van der Waals surface area contributed by atoms with E-state index in [0.717, 1.165) is 6.08 Å². The Morgan fingerprint density at radius 3 is 1.96 bits per heavy atom. The van der Waals surface area contributed by atoms with Crippen LogP contribution in [0.1, 0.15) is 13.8 Å². The van der Waals surface area contributed by atoms with Gasteiger partial charge < -0.3 is 14.9 Å². The first-order valence-corrected chi connectivity index (χ1v) is 9.15. The Morgan fingerprint density at radius 1 is 0.875 bits per heavy atom. The summed E-state index contributed by atoms with van der Waals surface area (Å²) in [6.07, 6.45) is 7.20. The number of aliphatic hydroxyl groups is 2. The van der Waals surface area contributed by atoms with Crippen LogP contribution in [0.2, 0.25) is 0 Å². The summed E-state index contributed by atoms with van der Waals surface area (Å²) in [4.78, 5) is 0. The second-order valence-electron chi connectivity index (χ2n) is 5.87. The number of allylic oxidation sites excluding steroid dienone is 7. The van der Waals surface area contributed by atoms with E-state index in [1.807, 2.05) is 45.2 Å². The fraction of sp³-hybridized carbons (Fsp3) is 0.294. The fourth-order valence-electron chi connectivity index (χ4n) is 2.23. The maximum absolute atomic E-state index is 14.6. The van der Waals surface area contributed by atoms with Crippen LogP contribution < -0.4 is 0 Å². The minimum absolute atomic E-state index is 0.0207. The third-order valence-corrected chi connectivity index (χ3v) is 4.40. The average Bonchev–Trinajstić information content (AvgIpc) is 2.59. The molecular formula is C17H16F2I2O3. The van der Waals surface area contributed by atoms with Crippen molar-refractivity contribution in [3.8, 4) is 0 Å². The van der Waals surface area contributed by atoms with Gasteiger partial charge in [0.05, 0.1) is 12.4 Å². The number of halogens is 4. The van der Waals surface area contributed by atoms with E-state index < -0.39 is 13.0 Å². The topological polar surface area (TPSA) is 49.7 Å². The molecule has 0 amide bonds. The lowest BCUT2D eigenvalue weighted by Crippen LogP contribution is -2.25. The van der Waals surface area contributed by atoms with Gasteiger partial charge in [0.25, 0.3) is 0 Å². The van der Waals surface area contributed by atoms with Crippen molar-refractivity contribution in [2.45, 2.75) is 26.8 Å². The summed E-state index contributed by atoms with van der Waals surface area (Å²) in [5.74, 6) is -0.160. The predicted octanol–water partition coefficient (Wildman–Crippen LogP) is 5.82. The largest absolute Gasteiger partial charge is 0.508 e. The molecule has 0 bridgehead atoms. The van der Waals surface area contributed by atoms with E-state index in [4.69, 9.17) is 4.74 Å². The van der Waals surface area contributed by atoms with Crippen LogP contribution in [0.4, 0.5) is 8.78 Å². The molecule has 0 aromatic rings. The molecule has 130 valence electrons. The van der Waals surface area contributed by atoms with Crippen LogP contribution in [0.25, 0.3) is 0 Å². The molecular weight excluding hydrogens is 544 g/mol. The van der Waals surface area contributed by atoms with Crippen LogP contribution in [-0.4, -0.2) is 23.2 Å². The summed E-state index contributed by atoms with van der Waals surface area (Å²) in [5.41, 5.74) is -0.356. The van der Waals surface area contributed by atoms with E-state index in [-0.39, 0.29) is 22.9 Å². The van der Waals surface area contributed by atoms with Gasteiger partial charge in [0.15, 0.2) is 0 Å². The Labute approximate surface area is 166 Å². The highest BCUT2D eigenvalue weighted by atomic mass is 127. The Balaban J connectivity index is 2.32. The van der Waals surface area contributed by atoms with Gasteiger partial charge in [-0.2, -0.15) is 8.78 Å². The number of hydrogen-bond acceptors (Lipinski definition) is 3. The lowest BCUT2D eigenvalue weighted by atomic mass is 10.1. The first-order valence-electron chi connectivity index (χ1n) is 6.99. The summed E-state index contributed by atoms with van der Waals surface area (Å²) in [6.45, 7) is 3.45. The van der Waals surface area contributed by atoms with Gasteiger partial charge in [-0.3, -0.25) is 0 Å². The molecule has 0 radical (unpaired) electrons. The molecule has 0 heterocycles. The summed E-state index contributed by atoms with van der Waals surface area (Å²) in [5, 5.41) is 19.3. The SMILES string of the molecule is CC1(I)C=C(O)C=CC(OC(F)(F)C2=CC(C)(I)C=C(O)C=C2)=C1. The zero-order chi connectivity index (χ0) is 18.2. The summed E-state index contributed by atoms with van der Waals surface area (Å²) in [7, 11) is 0. The van der Waals surface area contributed by atoms with E-state index in [1.54, 1.807) is 13.8 Å². The first kappa shape index (κ1) is 19.5. The van der Waals surface area contributed by atoms with Crippen molar-refractivity contribution >= 4 is 45.2 Å². The molecule has 0 aromatic heterocycles. The first-order chi connectivity index (χ1) is 10.9. The highest BCUT2D eigenvalue weighted by molar-refractivity contribution is 14.1. The summed E-state index contributed by atoms with van der Waals surface area (Å²) >= 11 is 3.98. The highest BCUT2D eigenvalue weighted by Crippen LogP contribution is 2.37. The van der Waals surface area contributed by atoms with Gasteiger partial charge in [-0.05, 0) is 56.4 Å². The van der Waals surface area contributed by atoms with Gasteiger partial charge >= 0.3 is 6.11 Å². The molecule has 0 aromatic carbocycles. The van der Waals surface area contributed by atoms with Gasteiger partial charge in [-0.25, -0.2) is 0 Å². The third-order valence-electron chi connectivity index (χ3n) is 3.16. The van der Waals surface area contributed by atoms with Crippen molar-refractivity contribution in [2.75, 3.05) is 0 Å². The van der Waals surface area contributed by atoms with Crippen LogP contribution in [0.5, 0.6) is 0 Å². The molecule has 3 nitrogen and oxygen atoms in total. The summed E-state index contributed by atoms with van der Waals surface area (Å²) < 4.78 is 32.7. The van der Waals surface area contributed by atoms with Crippen molar-refractivity contribution in [3.63, 3.8) is 0 Å². The molecule has 0 saturated heterocycles. The van der Waals surface area contributed by atoms with Gasteiger partial charge in [-0.1, -0.05) is 51.3 Å². The van der Waals surface area contributed by atoms with Crippen LogP contribution >= 0.6 is 45.2 Å². The second-order valence-corrected chi connectivity index (χ2v) is 10.5. The molecule has 2 atom stereocenters. The minimum Gasteiger partial charge on any atom is -0.508 e. The molecule has 0 saturated carbocycles. The highest BCUT2D eigenvalue weighted by Gasteiger charge is 2.39. The van der Waals surface area contributed by atoms with E-state index in [0.29, 0.717) is 0 Å². The van der Waals surface area contributed by atoms with E-state index in [1.165, 1.54) is 42.5 Å². The fourth-order valence-corrected chi connectivity index (χ4v) is 3.51. The quantitative estimate of drug-likeness (QED) is 0.338. The zero-order valence-electron chi connectivity index (χ0n) is 12.9. The van der Waals surface area contributed by atoms with Crippen molar-refractivity contribution in [2.24, 2.45) is 0 Å². The van der Waals surface area contributed by atoms with Gasteiger partial charge in [0.2, 0.25) is 0 Å². The van der Waals surface area contributed by atoms with Gasteiger partial charge in [0.1, 0.15) is 17.3 Å². The molecule has 24 heavy (non-hydrogen) atoms. The molecule has 2 N–H and O–H groups in total. The predicted molar refractivity (Wildman–Crippen MR) is 107 cm³/mol. The summed E-state index contributed by atoms with van der Waals surface area (Å²) in [6, 6.07) is 0. The zero-order valence-corrected chi connectivity index (χ0v) is 17.2. The van der Waals surface area contributed by atoms with Crippen molar-refractivity contribution in [1.29, 1.82) is 0 Å². The van der Waals surface area contributed by atoms with E-state index >= 15 is 0 Å². The maximum atomic E-state index is 14.6. The Bertz CT molecular complexity index is 711. The smallest absolute Gasteiger partial charge is 0.426 e. The third kappa shape index (κ3) is 5.33. The molecule has 7 heteroatoms. The number of alkyl halides is 4. The van der Waals surface area contributed by atoms with Crippen LogP contribution in [0.3, 0.4) is 0 Å².